The van der Waals surface area contributed by atoms with Gasteiger partial charge in [0.05, 0.1) is 19.3 Å². The van der Waals surface area contributed by atoms with E-state index in [0.29, 0.717) is 0 Å². The molecule has 0 radical (unpaired) electrons. The summed E-state index contributed by atoms with van der Waals surface area (Å²) in [5.41, 5.74) is 1.34. The molecule has 2 aromatic rings. The number of rotatable bonds is 6. The molecule has 1 fully saturated rings. The van der Waals surface area contributed by atoms with Crippen LogP contribution in [0.4, 0.5) is 0 Å². The van der Waals surface area contributed by atoms with Gasteiger partial charge in [-0.1, -0.05) is 12.1 Å². The van der Waals surface area contributed by atoms with Crippen molar-refractivity contribution in [3.63, 3.8) is 0 Å². The van der Waals surface area contributed by atoms with Gasteiger partial charge in [0.15, 0.2) is 0 Å². The molecule has 0 unspecified atom stereocenters. The molecule has 0 spiro atoms. The third-order valence-electron chi connectivity index (χ3n) is 4.03. The number of aliphatic hydroxyl groups is 1. The summed E-state index contributed by atoms with van der Waals surface area (Å²) in [6.07, 6.45) is 1.74. The third-order valence-corrected chi connectivity index (χ3v) is 4.93. The number of carboxylic acids is 2. The minimum Gasteiger partial charge on any atom is -0.473 e. The zero-order valence-electron chi connectivity index (χ0n) is 14.3. The van der Waals surface area contributed by atoms with E-state index >= 15 is 0 Å². The lowest BCUT2D eigenvalue weighted by Crippen LogP contribution is -2.26. The molecule has 1 aromatic carbocycles. The quantitative estimate of drug-likeness (QED) is 0.516. The second kappa shape index (κ2) is 10.2. The van der Waals surface area contributed by atoms with E-state index in [9.17, 15) is 5.11 Å². The molecule has 8 heteroatoms. The number of benzene rings is 1. The molecule has 0 bridgehead atoms. The van der Waals surface area contributed by atoms with Crippen molar-refractivity contribution in [2.24, 2.45) is 0 Å². The van der Waals surface area contributed by atoms with Gasteiger partial charge in [0.2, 0.25) is 0 Å². The third kappa shape index (κ3) is 6.72. The van der Waals surface area contributed by atoms with E-state index < -0.39 is 11.9 Å². The van der Waals surface area contributed by atoms with E-state index in [1.165, 1.54) is 15.6 Å². The second-order valence-corrected chi connectivity index (χ2v) is 6.96. The van der Waals surface area contributed by atoms with Crippen LogP contribution >= 0.6 is 11.3 Å². The number of thiophene rings is 1. The van der Waals surface area contributed by atoms with E-state index in [1.54, 1.807) is 11.3 Å². The molecular formula is C18H23NO6S. The van der Waals surface area contributed by atoms with Gasteiger partial charge >= 0.3 is 11.9 Å². The summed E-state index contributed by atoms with van der Waals surface area (Å²) < 4.78 is 7.06. The van der Waals surface area contributed by atoms with Crippen LogP contribution in [0.5, 0.6) is 0 Å². The Bertz CT molecular complexity index is 719. The molecule has 3 N–H and O–H groups in total. The van der Waals surface area contributed by atoms with Gasteiger partial charge in [-0.25, -0.2) is 9.59 Å². The molecule has 0 aliphatic carbocycles. The summed E-state index contributed by atoms with van der Waals surface area (Å²) in [6, 6.07) is 8.81. The molecule has 7 nitrogen and oxygen atoms in total. The molecule has 3 rings (SSSR count). The van der Waals surface area contributed by atoms with Crippen LogP contribution in [0.25, 0.3) is 10.1 Å². The fourth-order valence-corrected chi connectivity index (χ4v) is 3.44. The number of nitrogens with zero attached hydrogens (tertiary/aromatic N) is 1. The minimum absolute atomic E-state index is 0.132. The Labute approximate surface area is 155 Å². The van der Waals surface area contributed by atoms with Crippen molar-refractivity contribution in [3.8, 4) is 0 Å². The van der Waals surface area contributed by atoms with Crippen molar-refractivity contribution in [3.05, 3.63) is 35.2 Å². The molecule has 1 aliphatic heterocycles. The number of aliphatic carboxylic acids is 2. The summed E-state index contributed by atoms with van der Waals surface area (Å²) in [5.74, 6) is -3.65. The van der Waals surface area contributed by atoms with Crippen LogP contribution in [0, 0.1) is 0 Å². The maximum Gasteiger partial charge on any atom is 0.414 e. The fourth-order valence-electron chi connectivity index (χ4n) is 2.67. The average molecular weight is 381 g/mol. The van der Waals surface area contributed by atoms with Crippen LogP contribution in [-0.4, -0.2) is 71.1 Å². The van der Waals surface area contributed by atoms with E-state index in [0.717, 1.165) is 45.7 Å². The van der Waals surface area contributed by atoms with E-state index in [2.05, 4.69) is 34.5 Å². The molecule has 0 amide bonds. The van der Waals surface area contributed by atoms with Gasteiger partial charge in [-0.2, -0.15) is 0 Å². The molecule has 1 aromatic heterocycles. The van der Waals surface area contributed by atoms with Crippen molar-refractivity contribution in [1.82, 2.24) is 4.90 Å². The normalized spacial score (nSPS) is 17.0. The summed E-state index contributed by atoms with van der Waals surface area (Å²) in [7, 11) is 0. The molecule has 1 atom stereocenters. The van der Waals surface area contributed by atoms with E-state index in [1.807, 2.05) is 0 Å². The molecule has 142 valence electrons. The van der Waals surface area contributed by atoms with Crippen LogP contribution in [-0.2, 0) is 20.7 Å². The molecular weight excluding hydrogens is 358 g/mol. The Kier molecular flexibility index (Phi) is 7.99. The van der Waals surface area contributed by atoms with Crippen molar-refractivity contribution in [1.29, 1.82) is 0 Å². The number of carboxylic acid groups (broad SMARTS) is 2. The molecule has 0 saturated carbocycles. The second-order valence-electron chi connectivity index (χ2n) is 6.01. The molecule has 1 saturated heterocycles. The largest absolute Gasteiger partial charge is 0.473 e. The Morgan fingerprint density at radius 2 is 1.96 bits per heavy atom. The predicted octanol–water partition coefficient (Wildman–Crippen LogP) is 1.68. The van der Waals surface area contributed by atoms with Gasteiger partial charge in [0.25, 0.3) is 0 Å². The SMILES string of the molecule is O=C(O)C(=O)O.O[C@H]1CCN(CCOCCc2ccc3sccc3c2)C1. The van der Waals surface area contributed by atoms with E-state index in [-0.39, 0.29) is 6.10 Å². The zero-order chi connectivity index (χ0) is 18.9. The predicted molar refractivity (Wildman–Crippen MR) is 98.7 cm³/mol. The van der Waals surface area contributed by atoms with Crippen LogP contribution < -0.4 is 0 Å². The Hall–Kier alpha value is -2.00. The number of aliphatic hydroxyl groups excluding tert-OH is 1. The van der Waals surface area contributed by atoms with Gasteiger partial charge in [0.1, 0.15) is 0 Å². The maximum absolute atomic E-state index is 9.44. The number of hydrogen-bond donors (Lipinski definition) is 3. The number of hydrogen-bond acceptors (Lipinski definition) is 6. The van der Waals surface area contributed by atoms with Crippen molar-refractivity contribution in [2.45, 2.75) is 18.9 Å². The highest BCUT2D eigenvalue weighted by molar-refractivity contribution is 7.17. The van der Waals surface area contributed by atoms with Crippen molar-refractivity contribution in [2.75, 3.05) is 32.8 Å². The zero-order valence-corrected chi connectivity index (χ0v) is 15.2. The van der Waals surface area contributed by atoms with E-state index in [4.69, 9.17) is 24.5 Å². The Morgan fingerprint density at radius 1 is 1.19 bits per heavy atom. The molecule has 26 heavy (non-hydrogen) atoms. The molecule has 2 heterocycles. The fraction of sp³-hybridized carbons (Fsp3) is 0.444. The van der Waals surface area contributed by atoms with Gasteiger partial charge < -0.3 is 20.1 Å². The Morgan fingerprint density at radius 3 is 2.62 bits per heavy atom. The number of likely N-dealkylation sites (tertiary alicyclic amines) is 1. The lowest BCUT2D eigenvalue weighted by Gasteiger charge is -2.14. The van der Waals surface area contributed by atoms with Crippen LogP contribution in [0.1, 0.15) is 12.0 Å². The minimum atomic E-state index is -1.82. The first-order chi connectivity index (χ1) is 12.5. The average Bonchev–Trinajstić information content (AvgIpc) is 3.23. The summed E-state index contributed by atoms with van der Waals surface area (Å²) >= 11 is 1.79. The van der Waals surface area contributed by atoms with Crippen LogP contribution in [0.3, 0.4) is 0 Å². The monoisotopic (exact) mass is 381 g/mol. The summed E-state index contributed by atoms with van der Waals surface area (Å²) in [4.78, 5) is 20.5. The van der Waals surface area contributed by atoms with Crippen molar-refractivity contribution < 1.29 is 29.6 Å². The van der Waals surface area contributed by atoms with Gasteiger partial charge in [0, 0.05) is 24.3 Å². The first kappa shape index (κ1) is 20.3. The number of β-amino-alcohol motifs (C(OH)–C–C–N with tert-alkyl or cyclic N) is 1. The topological polar surface area (TPSA) is 107 Å². The smallest absolute Gasteiger partial charge is 0.414 e. The lowest BCUT2D eigenvalue weighted by atomic mass is 10.1. The standard InChI is InChI=1S/C16H21NO2S.C2H2O4/c18-15-3-6-17(12-15)7-9-19-8-4-13-1-2-16-14(11-13)5-10-20-16;3-1(4)2(5)6/h1-2,5,10-11,15,18H,3-4,6-9,12H2;(H,3,4)(H,5,6)/t15-;/m0./s1. The van der Waals surface area contributed by atoms with Crippen LogP contribution in [0.2, 0.25) is 0 Å². The van der Waals surface area contributed by atoms with Crippen molar-refractivity contribution >= 4 is 33.4 Å². The van der Waals surface area contributed by atoms with Crippen LogP contribution in [0.15, 0.2) is 29.6 Å². The van der Waals surface area contributed by atoms with Gasteiger partial charge in [-0.05, 0) is 41.3 Å². The van der Waals surface area contributed by atoms with Gasteiger partial charge in [-0.15, -0.1) is 11.3 Å². The number of fused-ring (bicyclic) bond motifs is 1. The summed E-state index contributed by atoms with van der Waals surface area (Å²) in [6.45, 7) is 4.26. The number of ether oxygens (including phenoxy) is 1. The lowest BCUT2D eigenvalue weighted by molar-refractivity contribution is -0.159. The molecule has 1 aliphatic rings. The highest BCUT2D eigenvalue weighted by atomic mass is 32.1. The first-order valence-corrected chi connectivity index (χ1v) is 9.24. The maximum atomic E-state index is 9.44. The Balaban J connectivity index is 0.000000352. The highest BCUT2D eigenvalue weighted by Crippen LogP contribution is 2.21. The number of carbonyl (C=O) groups is 2. The van der Waals surface area contributed by atoms with Gasteiger partial charge in [-0.3, -0.25) is 4.90 Å². The first-order valence-electron chi connectivity index (χ1n) is 8.36. The highest BCUT2D eigenvalue weighted by Gasteiger charge is 2.19. The summed E-state index contributed by atoms with van der Waals surface area (Å²) in [5, 5.41) is 27.7.